The van der Waals surface area contributed by atoms with Gasteiger partial charge in [-0.25, -0.2) is 9.07 Å². The molecule has 1 saturated carbocycles. The van der Waals surface area contributed by atoms with Crippen LogP contribution in [0.4, 0.5) is 4.39 Å². The zero-order valence-electron chi connectivity index (χ0n) is 14.1. The van der Waals surface area contributed by atoms with E-state index in [4.69, 9.17) is 4.74 Å². The maximum absolute atomic E-state index is 14.2. The Morgan fingerprint density at radius 2 is 2.13 bits per heavy atom. The van der Waals surface area contributed by atoms with Crippen molar-refractivity contribution in [1.29, 1.82) is 0 Å². The van der Waals surface area contributed by atoms with Crippen molar-refractivity contribution in [2.75, 3.05) is 6.61 Å². The molecule has 124 valence electrons. The first-order valence-electron chi connectivity index (χ1n) is 8.19. The van der Waals surface area contributed by atoms with Gasteiger partial charge < -0.3 is 4.74 Å². The van der Waals surface area contributed by atoms with Gasteiger partial charge in [0.15, 0.2) is 5.82 Å². The molecule has 2 aromatic rings. The Balaban J connectivity index is 1.72. The van der Waals surface area contributed by atoms with Gasteiger partial charge in [-0.3, -0.25) is 4.98 Å². The van der Waals surface area contributed by atoms with E-state index < -0.39 is 8.07 Å². The lowest BCUT2D eigenvalue weighted by atomic mass is 10.1. The number of hydrogen-bond donors (Lipinski definition) is 0. The summed E-state index contributed by atoms with van der Waals surface area (Å²) in [5.41, 5.74) is 2.29. The quantitative estimate of drug-likeness (QED) is 0.561. The molecule has 0 aliphatic heterocycles. The van der Waals surface area contributed by atoms with E-state index in [-0.39, 0.29) is 5.82 Å². The van der Waals surface area contributed by atoms with Gasteiger partial charge in [-0.05, 0) is 31.0 Å². The summed E-state index contributed by atoms with van der Waals surface area (Å²) in [7, 11) is -1.10. The molecule has 3 rings (SSSR count). The number of rotatable bonds is 7. The van der Waals surface area contributed by atoms with Gasteiger partial charge in [0.1, 0.15) is 6.73 Å². The molecular weight excluding hydrogens is 309 g/mol. The predicted octanol–water partition coefficient (Wildman–Crippen LogP) is 4.27. The Hall–Kier alpha value is -1.53. The zero-order valence-corrected chi connectivity index (χ0v) is 15.1. The summed E-state index contributed by atoms with van der Waals surface area (Å²) in [5.74, 6) is 0.192. The number of nitrogens with zero attached hydrogens (tertiary/aromatic N) is 3. The topological polar surface area (TPSA) is 39.9 Å². The fourth-order valence-corrected chi connectivity index (χ4v) is 3.20. The van der Waals surface area contributed by atoms with Gasteiger partial charge in [-0.1, -0.05) is 19.6 Å². The SMILES string of the molecule is C[Si](C)(C)CCOCn1nccc1-c1cc(C2CC2)ncc1F. The summed E-state index contributed by atoms with van der Waals surface area (Å²) in [6.45, 7) is 8.04. The Morgan fingerprint density at radius 3 is 2.83 bits per heavy atom. The van der Waals surface area contributed by atoms with E-state index in [2.05, 4.69) is 29.7 Å². The minimum atomic E-state index is -1.10. The molecule has 0 N–H and O–H groups in total. The summed E-state index contributed by atoms with van der Waals surface area (Å²) in [6, 6.07) is 4.80. The van der Waals surface area contributed by atoms with Crippen molar-refractivity contribution in [3.63, 3.8) is 0 Å². The highest BCUT2D eigenvalue weighted by Gasteiger charge is 2.26. The molecule has 0 atom stereocenters. The molecule has 1 aliphatic carbocycles. The Labute approximate surface area is 137 Å². The lowest BCUT2D eigenvalue weighted by molar-refractivity contribution is 0.0797. The second kappa shape index (κ2) is 6.53. The third kappa shape index (κ3) is 4.26. The van der Waals surface area contributed by atoms with E-state index in [1.165, 1.54) is 6.20 Å². The van der Waals surface area contributed by atoms with Gasteiger partial charge in [0.2, 0.25) is 0 Å². The van der Waals surface area contributed by atoms with Crippen LogP contribution in [0.15, 0.2) is 24.5 Å². The average molecular weight is 333 g/mol. The first-order chi connectivity index (χ1) is 10.9. The van der Waals surface area contributed by atoms with E-state index in [9.17, 15) is 4.39 Å². The number of hydrogen-bond acceptors (Lipinski definition) is 3. The zero-order chi connectivity index (χ0) is 16.4. The Kier molecular flexibility index (Phi) is 4.64. The third-order valence-corrected chi connectivity index (χ3v) is 5.78. The molecule has 0 bridgehead atoms. The van der Waals surface area contributed by atoms with E-state index in [1.807, 2.05) is 12.1 Å². The van der Waals surface area contributed by atoms with E-state index in [0.717, 1.165) is 36.9 Å². The van der Waals surface area contributed by atoms with Crippen LogP contribution < -0.4 is 0 Å². The lowest BCUT2D eigenvalue weighted by Gasteiger charge is -2.16. The van der Waals surface area contributed by atoms with Gasteiger partial charge in [0.05, 0.1) is 11.9 Å². The first kappa shape index (κ1) is 16.3. The fraction of sp³-hybridized carbons (Fsp3) is 0.529. The Morgan fingerprint density at radius 1 is 1.35 bits per heavy atom. The third-order valence-electron chi connectivity index (χ3n) is 4.07. The van der Waals surface area contributed by atoms with Gasteiger partial charge >= 0.3 is 0 Å². The largest absolute Gasteiger partial charge is 0.360 e. The van der Waals surface area contributed by atoms with Gasteiger partial charge in [0.25, 0.3) is 0 Å². The van der Waals surface area contributed by atoms with E-state index >= 15 is 0 Å². The van der Waals surface area contributed by atoms with Crippen LogP contribution in [0.25, 0.3) is 11.3 Å². The molecule has 0 amide bonds. The van der Waals surface area contributed by atoms with Crippen LogP contribution in [0.5, 0.6) is 0 Å². The summed E-state index contributed by atoms with van der Waals surface area (Å²) in [6.07, 6.45) is 5.31. The van der Waals surface area contributed by atoms with Crippen molar-refractivity contribution in [3.05, 3.63) is 36.0 Å². The summed E-state index contributed by atoms with van der Waals surface area (Å²) >= 11 is 0. The molecule has 1 fully saturated rings. The molecule has 2 aromatic heterocycles. The molecule has 4 nitrogen and oxygen atoms in total. The fourth-order valence-electron chi connectivity index (χ4n) is 2.45. The minimum absolute atomic E-state index is 0.307. The van der Waals surface area contributed by atoms with Crippen molar-refractivity contribution in [2.45, 2.75) is 51.2 Å². The van der Waals surface area contributed by atoms with Crippen LogP contribution >= 0.6 is 0 Å². The summed E-state index contributed by atoms with van der Waals surface area (Å²) < 4.78 is 21.7. The molecule has 0 unspecified atom stereocenters. The number of pyridine rings is 1. The average Bonchev–Trinajstić information content (AvgIpc) is 3.22. The van der Waals surface area contributed by atoms with Crippen molar-refractivity contribution in [1.82, 2.24) is 14.8 Å². The highest BCUT2D eigenvalue weighted by atomic mass is 28.3. The highest BCUT2D eigenvalue weighted by Crippen LogP contribution is 2.40. The molecule has 1 aliphatic rings. The van der Waals surface area contributed by atoms with Gasteiger partial charge in [-0.15, -0.1) is 0 Å². The van der Waals surface area contributed by atoms with Crippen LogP contribution in [-0.2, 0) is 11.5 Å². The van der Waals surface area contributed by atoms with Gasteiger partial charge in [0, 0.05) is 38.1 Å². The van der Waals surface area contributed by atoms with E-state index in [1.54, 1.807) is 10.9 Å². The molecule has 0 aromatic carbocycles. The van der Waals surface area contributed by atoms with Crippen molar-refractivity contribution in [2.24, 2.45) is 0 Å². The van der Waals surface area contributed by atoms with Crippen LogP contribution in [-0.4, -0.2) is 29.4 Å². The molecular formula is C17H24FN3OSi. The van der Waals surface area contributed by atoms with Crippen LogP contribution in [0.1, 0.15) is 24.5 Å². The Bertz CT molecular complexity index is 677. The number of aromatic nitrogens is 3. The second-order valence-corrected chi connectivity index (χ2v) is 13.0. The standard InChI is InChI=1S/C17H24FN3OSi/c1-23(2,3)9-8-22-12-21-17(6-7-20-21)14-10-16(13-4-5-13)19-11-15(14)18/h6-7,10-11,13H,4-5,8-9,12H2,1-3H3. The van der Waals surface area contributed by atoms with Crippen LogP contribution in [0, 0.1) is 5.82 Å². The predicted molar refractivity (Wildman–Crippen MR) is 91.5 cm³/mol. The summed E-state index contributed by atoms with van der Waals surface area (Å²) in [5, 5.41) is 4.27. The van der Waals surface area contributed by atoms with Gasteiger partial charge in [-0.2, -0.15) is 5.10 Å². The van der Waals surface area contributed by atoms with Crippen molar-refractivity contribution in [3.8, 4) is 11.3 Å². The molecule has 0 saturated heterocycles. The normalized spacial score (nSPS) is 15.1. The second-order valence-electron chi connectivity index (χ2n) is 7.43. The molecule has 23 heavy (non-hydrogen) atoms. The number of halogens is 1. The minimum Gasteiger partial charge on any atom is -0.360 e. The molecule has 6 heteroatoms. The van der Waals surface area contributed by atoms with Crippen LogP contribution in [0.2, 0.25) is 25.7 Å². The molecule has 2 heterocycles. The first-order valence-corrected chi connectivity index (χ1v) is 11.9. The molecule has 0 radical (unpaired) electrons. The molecule has 0 spiro atoms. The van der Waals surface area contributed by atoms with Crippen LogP contribution in [0.3, 0.4) is 0 Å². The van der Waals surface area contributed by atoms with Crippen molar-refractivity contribution < 1.29 is 9.13 Å². The monoisotopic (exact) mass is 333 g/mol. The highest BCUT2D eigenvalue weighted by molar-refractivity contribution is 6.76. The maximum Gasteiger partial charge on any atom is 0.150 e. The lowest BCUT2D eigenvalue weighted by Crippen LogP contribution is -2.22. The van der Waals surface area contributed by atoms with E-state index in [0.29, 0.717) is 18.2 Å². The smallest absolute Gasteiger partial charge is 0.150 e. The maximum atomic E-state index is 14.2. The van der Waals surface area contributed by atoms with Crippen molar-refractivity contribution >= 4 is 8.07 Å². The summed E-state index contributed by atoms with van der Waals surface area (Å²) in [4.78, 5) is 4.21. The number of ether oxygens (including phenoxy) is 1.